The van der Waals surface area contributed by atoms with Crippen molar-refractivity contribution in [2.75, 3.05) is 0 Å². The van der Waals surface area contributed by atoms with Crippen LogP contribution in [-0.4, -0.2) is 11.8 Å². The first-order valence-corrected chi connectivity index (χ1v) is 8.26. The van der Waals surface area contributed by atoms with E-state index in [4.69, 9.17) is 4.74 Å². The molecule has 0 spiro atoms. The molecule has 0 amide bonds. The Labute approximate surface area is 140 Å². The first kappa shape index (κ1) is 16.8. The van der Waals surface area contributed by atoms with Crippen molar-refractivity contribution >= 4 is 39.0 Å². The molecule has 0 atom stereocenters. The Hall–Kier alpha value is -1.53. The summed E-state index contributed by atoms with van der Waals surface area (Å²) in [4.78, 5) is 25.3. The molecule has 0 radical (unpaired) electrons. The van der Waals surface area contributed by atoms with Crippen LogP contribution in [-0.2, 0) is 16.1 Å². The number of hydrogen-bond acceptors (Lipinski definition) is 4. The summed E-state index contributed by atoms with van der Waals surface area (Å²) in [6, 6.07) is 7.81. The molecule has 22 heavy (non-hydrogen) atoms. The van der Waals surface area contributed by atoms with Gasteiger partial charge in [0.1, 0.15) is 12.4 Å². The van der Waals surface area contributed by atoms with Gasteiger partial charge in [-0.25, -0.2) is 4.39 Å². The minimum absolute atomic E-state index is 0.0363. The second-order valence-corrected chi connectivity index (χ2v) is 6.87. The summed E-state index contributed by atoms with van der Waals surface area (Å²) in [6.07, 6.45) is 0.165. The average Bonchev–Trinajstić information content (AvgIpc) is 2.90. The lowest BCUT2D eigenvalue weighted by molar-refractivity contribution is -0.144. The zero-order chi connectivity index (χ0) is 16.1. The molecule has 3 nitrogen and oxygen atoms in total. The highest BCUT2D eigenvalue weighted by Crippen LogP contribution is 2.20. The maximum atomic E-state index is 12.9. The van der Waals surface area contributed by atoms with Gasteiger partial charge in [0.15, 0.2) is 5.78 Å². The minimum Gasteiger partial charge on any atom is -0.461 e. The number of ketones is 1. The fraction of sp³-hybridized carbons (Fsp3) is 0.250. The molecular formula is C16H14BrFO3S. The van der Waals surface area contributed by atoms with Crippen LogP contribution < -0.4 is 0 Å². The SMILES string of the molecule is Cc1ccc(C(=O)CCC(=O)OCc2ccc(F)cc2Br)s1. The number of esters is 1. The van der Waals surface area contributed by atoms with Crippen molar-refractivity contribution in [2.45, 2.75) is 26.4 Å². The van der Waals surface area contributed by atoms with E-state index in [0.29, 0.717) is 14.9 Å². The summed E-state index contributed by atoms with van der Waals surface area (Å²) in [5.41, 5.74) is 0.676. The van der Waals surface area contributed by atoms with E-state index in [9.17, 15) is 14.0 Å². The molecule has 0 aliphatic heterocycles. The van der Waals surface area contributed by atoms with Crippen molar-refractivity contribution in [3.05, 3.63) is 55.9 Å². The maximum absolute atomic E-state index is 12.9. The fourth-order valence-corrected chi connectivity index (χ4v) is 3.09. The van der Waals surface area contributed by atoms with Crippen molar-refractivity contribution < 1.29 is 18.7 Å². The van der Waals surface area contributed by atoms with Crippen LogP contribution in [0.5, 0.6) is 0 Å². The monoisotopic (exact) mass is 384 g/mol. The van der Waals surface area contributed by atoms with Gasteiger partial charge >= 0.3 is 5.97 Å². The van der Waals surface area contributed by atoms with Crippen LogP contribution in [0.3, 0.4) is 0 Å². The van der Waals surface area contributed by atoms with Crippen LogP contribution in [0, 0.1) is 12.7 Å². The first-order chi connectivity index (χ1) is 10.5. The normalized spacial score (nSPS) is 10.5. The molecule has 0 aliphatic rings. The van der Waals surface area contributed by atoms with Crippen LogP contribution in [0.1, 0.15) is 33.0 Å². The zero-order valence-corrected chi connectivity index (χ0v) is 14.3. The Morgan fingerprint density at radius 1 is 1.23 bits per heavy atom. The Morgan fingerprint density at radius 3 is 2.64 bits per heavy atom. The number of benzene rings is 1. The minimum atomic E-state index is -0.446. The highest BCUT2D eigenvalue weighted by atomic mass is 79.9. The summed E-state index contributed by atoms with van der Waals surface area (Å²) in [6.45, 7) is 1.97. The fourth-order valence-electron chi connectivity index (χ4n) is 1.79. The van der Waals surface area contributed by atoms with E-state index < -0.39 is 5.97 Å². The Bertz CT molecular complexity index is 696. The lowest BCUT2D eigenvalue weighted by atomic mass is 10.2. The van der Waals surface area contributed by atoms with Gasteiger partial charge in [-0.1, -0.05) is 22.0 Å². The summed E-state index contributed by atoms with van der Waals surface area (Å²) in [5, 5.41) is 0. The van der Waals surface area contributed by atoms with Gasteiger partial charge in [-0.05, 0) is 31.2 Å². The molecule has 0 N–H and O–H groups in total. The van der Waals surface area contributed by atoms with E-state index in [-0.39, 0.29) is 31.0 Å². The molecule has 1 aromatic carbocycles. The molecule has 1 aromatic heterocycles. The van der Waals surface area contributed by atoms with Crippen LogP contribution in [0.4, 0.5) is 4.39 Å². The molecule has 2 rings (SSSR count). The van der Waals surface area contributed by atoms with Crippen LogP contribution in [0.2, 0.25) is 0 Å². The Kier molecular flexibility index (Phi) is 5.85. The Balaban J connectivity index is 1.79. The molecule has 0 aliphatic carbocycles. The molecule has 0 fully saturated rings. The average molecular weight is 385 g/mol. The second kappa shape index (κ2) is 7.65. The van der Waals surface area contributed by atoms with Gasteiger partial charge in [0.2, 0.25) is 0 Å². The van der Waals surface area contributed by atoms with E-state index in [1.807, 2.05) is 13.0 Å². The molecule has 6 heteroatoms. The number of hydrogen-bond donors (Lipinski definition) is 0. The van der Waals surface area contributed by atoms with Gasteiger partial charge in [0, 0.05) is 21.3 Å². The largest absolute Gasteiger partial charge is 0.461 e. The second-order valence-electron chi connectivity index (χ2n) is 4.73. The summed E-state index contributed by atoms with van der Waals surface area (Å²) in [5.74, 6) is -0.866. The number of thiophene rings is 1. The summed E-state index contributed by atoms with van der Waals surface area (Å²) >= 11 is 4.63. The molecule has 0 saturated heterocycles. The number of rotatable bonds is 6. The van der Waals surface area contributed by atoms with Crippen LogP contribution in [0.25, 0.3) is 0 Å². The van der Waals surface area contributed by atoms with E-state index in [2.05, 4.69) is 15.9 Å². The molecule has 116 valence electrons. The Morgan fingerprint density at radius 2 is 2.00 bits per heavy atom. The van der Waals surface area contributed by atoms with E-state index in [1.54, 1.807) is 12.1 Å². The number of carbonyl (C=O) groups is 2. The number of halogens is 2. The lowest BCUT2D eigenvalue weighted by Gasteiger charge is -2.06. The summed E-state index contributed by atoms with van der Waals surface area (Å²) < 4.78 is 18.6. The van der Waals surface area contributed by atoms with E-state index >= 15 is 0 Å². The third-order valence-corrected chi connectivity index (χ3v) is 4.76. The molecule has 0 saturated carbocycles. The molecule has 0 unspecified atom stereocenters. The van der Waals surface area contributed by atoms with Gasteiger partial charge in [0.25, 0.3) is 0 Å². The topological polar surface area (TPSA) is 43.4 Å². The van der Waals surface area contributed by atoms with Gasteiger partial charge < -0.3 is 4.74 Å². The predicted molar refractivity (Wildman–Crippen MR) is 86.5 cm³/mol. The standard InChI is InChI=1S/C16H14BrFO3S/c1-10-2-6-15(22-10)14(19)5-7-16(20)21-9-11-3-4-12(18)8-13(11)17/h2-4,6,8H,5,7,9H2,1H3. The van der Waals surface area contributed by atoms with Crippen molar-refractivity contribution in [2.24, 2.45) is 0 Å². The number of Topliss-reactive ketones (excluding diaryl/α,β-unsaturated/α-hetero) is 1. The highest BCUT2D eigenvalue weighted by Gasteiger charge is 2.12. The van der Waals surface area contributed by atoms with Gasteiger partial charge in [-0.2, -0.15) is 0 Å². The molecule has 0 bridgehead atoms. The van der Waals surface area contributed by atoms with Crippen LogP contribution >= 0.6 is 27.3 Å². The van der Waals surface area contributed by atoms with Crippen molar-refractivity contribution in [3.63, 3.8) is 0 Å². The third kappa shape index (κ3) is 4.74. The zero-order valence-electron chi connectivity index (χ0n) is 11.9. The molecule has 1 heterocycles. The van der Waals surface area contributed by atoms with Crippen molar-refractivity contribution in [1.29, 1.82) is 0 Å². The first-order valence-electron chi connectivity index (χ1n) is 6.65. The third-order valence-electron chi connectivity index (χ3n) is 2.98. The molecular weight excluding hydrogens is 371 g/mol. The van der Waals surface area contributed by atoms with Crippen molar-refractivity contribution in [1.82, 2.24) is 0 Å². The highest BCUT2D eigenvalue weighted by molar-refractivity contribution is 9.10. The van der Waals surface area contributed by atoms with Gasteiger partial charge in [-0.15, -0.1) is 11.3 Å². The number of carbonyl (C=O) groups excluding carboxylic acids is 2. The van der Waals surface area contributed by atoms with Gasteiger partial charge in [0.05, 0.1) is 11.3 Å². The smallest absolute Gasteiger partial charge is 0.306 e. The number of aryl methyl sites for hydroxylation is 1. The quantitative estimate of drug-likeness (QED) is 0.537. The van der Waals surface area contributed by atoms with Crippen molar-refractivity contribution in [3.8, 4) is 0 Å². The van der Waals surface area contributed by atoms with E-state index in [0.717, 1.165) is 4.88 Å². The predicted octanol–water partition coefficient (Wildman–Crippen LogP) is 4.66. The maximum Gasteiger partial charge on any atom is 0.306 e. The number of ether oxygens (including phenoxy) is 1. The van der Waals surface area contributed by atoms with Gasteiger partial charge in [-0.3, -0.25) is 9.59 Å². The van der Waals surface area contributed by atoms with Crippen LogP contribution in [0.15, 0.2) is 34.8 Å². The lowest BCUT2D eigenvalue weighted by Crippen LogP contribution is -2.08. The van der Waals surface area contributed by atoms with E-state index in [1.165, 1.54) is 23.5 Å². The molecule has 2 aromatic rings. The summed E-state index contributed by atoms with van der Waals surface area (Å²) in [7, 11) is 0.